The maximum atomic E-state index is 12.7. The van der Waals surface area contributed by atoms with Crippen LogP contribution < -0.4 is 10.6 Å². The van der Waals surface area contributed by atoms with Gasteiger partial charge in [0, 0.05) is 18.2 Å². The number of nitrogens with zero attached hydrogens (tertiary/aromatic N) is 2. The van der Waals surface area contributed by atoms with Crippen molar-refractivity contribution >= 4 is 5.82 Å². The van der Waals surface area contributed by atoms with Crippen molar-refractivity contribution in [1.82, 2.24) is 15.5 Å². The van der Waals surface area contributed by atoms with Gasteiger partial charge in [0.05, 0.1) is 11.3 Å². The highest BCUT2D eigenvalue weighted by molar-refractivity contribution is 5.70. The van der Waals surface area contributed by atoms with Gasteiger partial charge in [0.25, 0.3) is 0 Å². The molecule has 0 amide bonds. The number of aromatic nitrogens is 2. The van der Waals surface area contributed by atoms with Gasteiger partial charge in [-0.15, -0.1) is 10.2 Å². The van der Waals surface area contributed by atoms with Crippen molar-refractivity contribution in [3.8, 4) is 17.0 Å². The van der Waals surface area contributed by atoms with Crippen LogP contribution in [0, 0.1) is 6.92 Å². The number of hydrogen-bond donors (Lipinski definition) is 3. The average molecular weight is 352 g/mol. The lowest BCUT2D eigenvalue weighted by molar-refractivity contribution is -0.137. The lowest BCUT2D eigenvalue weighted by Crippen LogP contribution is -2.38. The molecule has 2 aromatic rings. The van der Waals surface area contributed by atoms with E-state index in [4.69, 9.17) is 0 Å². The van der Waals surface area contributed by atoms with Crippen molar-refractivity contribution in [3.05, 3.63) is 35.4 Å². The molecule has 0 saturated carbocycles. The summed E-state index contributed by atoms with van der Waals surface area (Å²) in [5, 5.41) is 24.8. The van der Waals surface area contributed by atoms with E-state index in [1.807, 2.05) is 0 Å². The van der Waals surface area contributed by atoms with Crippen molar-refractivity contribution in [3.63, 3.8) is 0 Å². The number of aryl methyl sites for hydroxylation is 1. The molecular weight excluding hydrogens is 333 g/mol. The highest BCUT2D eigenvalue weighted by Crippen LogP contribution is 2.36. The number of alkyl halides is 3. The van der Waals surface area contributed by atoms with Crippen molar-refractivity contribution < 1.29 is 18.3 Å². The normalized spacial score (nSPS) is 18.2. The third-order valence-electron chi connectivity index (χ3n) is 4.21. The molecule has 1 aliphatic rings. The van der Waals surface area contributed by atoms with E-state index < -0.39 is 17.5 Å². The average Bonchev–Trinajstić information content (AvgIpc) is 2.56. The minimum absolute atomic E-state index is 0.226. The number of rotatable bonds is 3. The van der Waals surface area contributed by atoms with Gasteiger partial charge in [-0.05, 0) is 56.1 Å². The molecule has 8 heteroatoms. The Hall–Kier alpha value is -2.35. The van der Waals surface area contributed by atoms with Crippen molar-refractivity contribution in [2.24, 2.45) is 0 Å². The van der Waals surface area contributed by atoms with E-state index in [0.717, 1.165) is 37.6 Å². The van der Waals surface area contributed by atoms with Gasteiger partial charge in [0.15, 0.2) is 0 Å². The Balaban J connectivity index is 1.83. The number of halogens is 3. The summed E-state index contributed by atoms with van der Waals surface area (Å²) in [5.74, 6) is 0.144. The van der Waals surface area contributed by atoms with Crippen LogP contribution in [-0.2, 0) is 6.18 Å². The Morgan fingerprint density at radius 3 is 2.64 bits per heavy atom. The summed E-state index contributed by atoms with van der Waals surface area (Å²) in [6.45, 7) is 3.64. The molecule has 0 radical (unpaired) electrons. The molecule has 134 valence electrons. The Kier molecular flexibility index (Phi) is 4.80. The number of benzene rings is 1. The van der Waals surface area contributed by atoms with Crippen LogP contribution in [0.1, 0.15) is 24.0 Å². The molecule has 5 nitrogen and oxygen atoms in total. The molecule has 0 aliphatic carbocycles. The molecule has 1 unspecified atom stereocenters. The van der Waals surface area contributed by atoms with Gasteiger partial charge in [0.2, 0.25) is 0 Å². The second-order valence-electron chi connectivity index (χ2n) is 6.18. The molecule has 1 fully saturated rings. The zero-order valence-corrected chi connectivity index (χ0v) is 13.7. The first-order valence-corrected chi connectivity index (χ1v) is 8.07. The van der Waals surface area contributed by atoms with E-state index >= 15 is 0 Å². The fraction of sp³-hybridized carbons (Fsp3) is 0.412. The van der Waals surface area contributed by atoms with Gasteiger partial charge in [-0.25, -0.2) is 0 Å². The second-order valence-corrected chi connectivity index (χ2v) is 6.18. The van der Waals surface area contributed by atoms with Gasteiger partial charge in [0.1, 0.15) is 11.6 Å². The van der Waals surface area contributed by atoms with E-state index in [-0.39, 0.29) is 11.6 Å². The monoisotopic (exact) mass is 352 g/mol. The number of piperidine rings is 1. The van der Waals surface area contributed by atoms with Crippen LogP contribution >= 0.6 is 0 Å². The zero-order valence-electron chi connectivity index (χ0n) is 13.7. The molecule has 2 heterocycles. The number of phenolic OH excluding ortho intramolecular Hbond substituents is 1. The summed E-state index contributed by atoms with van der Waals surface area (Å²) in [6.07, 6.45) is -2.38. The smallest absolute Gasteiger partial charge is 0.416 e. The molecule has 25 heavy (non-hydrogen) atoms. The quantitative estimate of drug-likeness (QED) is 0.790. The molecule has 1 atom stereocenters. The molecule has 1 aromatic carbocycles. The highest BCUT2D eigenvalue weighted by Gasteiger charge is 2.31. The fourth-order valence-electron chi connectivity index (χ4n) is 2.91. The lowest BCUT2D eigenvalue weighted by Gasteiger charge is -2.24. The molecule has 0 spiro atoms. The number of nitrogens with one attached hydrogen (secondary N) is 2. The molecule has 1 aliphatic heterocycles. The molecule has 3 N–H and O–H groups in total. The number of anilines is 1. The molecule has 0 bridgehead atoms. The van der Waals surface area contributed by atoms with Gasteiger partial charge in [-0.1, -0.05) is 0 Å². The van der Waals surface area contributed by atoms with Gasteiger partial charge >= 0.3 is 6.18 Å². The van der Waals surface area contributed by atoms with Crippen LogP contribution in [-0.4, -0.2) is 34.4 Å². The van der Waals surface area contributed by atoms with Gasteiger partial charge in [-0.2, -0.15) is 13.2 Å². The fourth-order valence-corrected chi connectivity index (χ4v) is 2.91. The zero-order chi connectivity index (χ0) is 18.0. The van der Waals surface area contributed by atoms with Crippen LogP contribution in [0.3, 0.4) is 0 Å². The Morgan fingerprint density at radius 1 is 1.24 bits per heavy atom. The standard InChI is InChI=1S/C17H19F3N4O/c1-10-7-15(22-12-3-2-6-21-9-12)23-24-16(10)13-5-4-11(8-14(13)25)17(18,19)20/h4-5,7-8,12,21,25H,2-3,6,9H2,1H3,(H,22,23). The van der Waals surface area contributed by atoms with E-state index in [1.165, 1.54) is 6.07 Å². The minimum atomic E-state index is -4.50. The third-order valence-corrected chi connectivity index (χ3v) is 4.21. The van der Waals surface area contributed by atoms with Gasteiger partial charge < -0.3 is 15.7 Å². The Bertz CT molecular complexity index is 758. The number of phenols is 1. The predicted molar refractivity (Wildman–Crippen MR) is 88.4 cm³/mol. The van der Waals surface area contributed by atoms with Crippen LogP contribution in [0.15, 0.2) is 24.3 Å². The minimum Gasteiger partial charge on any atom is -0.507 e. The summed E-state index contributed by atoms with van der Waals surface area (Å²) >= 11 is 0. The van der Waals surface area contributed by atoms with Crippen LogP contribution in [0.2, 0.25) is 0 Å². The third kappa shape index (κ3) is 4.01. The van der Waals surface area contributed by atoms with E-state index in [1.54, 1.807) is 13.0 Å². The molecule has 1 saturated heterocycles. The summed E-state index contributed by atoms with van der Waals surface area (Å²) in [6, 6.07) is 4.90. The summed E-state index contributed by atoms with van der Waals surface area (Å²) in [4.78, 5) is 0. The van der Waals surface area contributed by atoms with E-state index in [0.29, 0.717) is 17.6 Å². The van der Waals surface area contributed by atoms with Crippen molar-refractivity contribution in [2.45, 2.75) is 32.0 Å². The molecular formula is C17H19F3N4O. The summed E-state index contributed by atoms with van der Waals surface area (Å²) < 4.78 is 38.1. The number of hydrogen-bond acceptors (Lipinski definition) is 5. The maximum Gasteiger partial charge on any atom is 0.416 e. The molecule has 3 rings (SSSR count). The van der Waals surface area contributed by atoms with Crippen LogP contribution in [0.25, 0.3) is 11.3 Å². The van der Waals surface area contributed by atoms with Gasteiger partial charge in [-0.3, -0.25) is 0 Å². The number of aromatic hydroxyl groups is 1. The Morgan fingerprint density at radius 2 is 2.04 bits per heavy atom. The van der Waals surface area contributed by atoms with Crippen molar-refractivity contribution in [1.29, 1.82) is 0 Å². The SMILES string of the molecule is Cc1cc(NC2CCCNC2)nnc1-c1ccc(C(F)(F)F)cc1O. The summed E-state index contributed by atoms with van der Waals surface area (Å²) in [5.41, 5.74) is 0.404. The van der Waals surface area contributed by atoms with Crippen LogP contribution in [0.4, 0.5) is 19.0 Å². The highest BCUT2D eigenvalue weighted by atomic mass is 19.4. The lowest BCUT2D eigenvalue weighted by atomic mass is 10.0. The first-order valence-electron chi connectivity index (χ1n) is 8.07. The van der Waals surface area contributed by atoms with E-state index in [9.17, 15) is 18.3 Å². The topological polar surface area (TPSA) is 70.1 Å². The van der Waals surface area contributed by atoms with Crippen LogP contribution in [0.5, 0.6) is 5.75 Å². The molecule has 1 aromatic heterocycles. The first-order chi connectivity index (χ1) is 11.8. The predicted octanol–water partition coefficient (Wildman–Crippen LogP) is 3.34. The maximum absolute atomic E-state index is 12.7. The summed E-state index contributed by atoms with van der Waals surface area (Å²) in [7, 11) is 0. The Labute approximate surface area is 143 Å². The second kappa shape index (κ2) is 6.87. The first kappa shape index (κ1) is 17.5. The van der Waals surface area contributed by atoms with E-state index in [2.05, 4.69) is 20.8 Å². The largest absolute Gasteiger partial charge is 0.507 e. The van der Waals surface area contributed by atoms with Crippen molar-refractivity contribution in [2.75, 3.05) is 18.4 Å².